The number of carbonyl (C=O) groups is 4. The van der Waals surface area contributed by atoms with Gasteiger partial charge in [0.2, 0.25) is 5.91 Å². The minimum absolute atomic E-state index is 0.0436. The van der Waals surface area contributed by atoms with Gasteiger partial charge in [0.25, 0.3) is 0 Å². The second-order valence-corrected chi connectivity index (χ2v) is 22.7. The highest BCUT2D eigenvalue weighted by Crippen LogP contribution is 2.78. The van der Waals surface area contributed by atoms with Crippen LogP contribution in [0.2, 0.25) is 0 Å². The SMILES string of the molecule is CC(C)C1CC[C@]2(CC(=O)N3CCN(C(=O)OC(C)(C)C)CC3)CC[C@]3(C)[C@H](CC[C@@H]4[C@@]5(C)CC[C@H](OC(=O)CC(C)(C)C(=O)O)C(C)(C)[C@@H]5CC[C@]43C)[C@@H]12. The molecule has 9 nitrogen and oxygen atoms in total. The Hall–Kier alpha value is -2.32. The second kappa shape index (κ2) is 14.2. The zero-order valence-corrected chi connectivity index (χ0v) is 36.6. The summed E-state index contributed by atoms with van der Waals surface area (Å²) in [7, 11) is 0. The molecule has 55 heavy (non-hydrogen) atoms. The van der Waals surface area contributed by atoms with Crippen molar-refractivity contribution in [3.05, 3.63) is 0 Å². The number of esters is 1. The van der Waals surface area contributed by atoms with E-state index < -0.39 is 23.0 Å². The fourth-order valence-electron chi connectivity index (χ4n) is 14.5. The Morgan fingerprint density at radius 2 is 1.38 bits per heavy atom. The van der Waals surface area contributed by atoms with Crippen LogP contribution in [0.25, 0.3) is 0 Å². The number of carbonyl (C=O) groups excluding carboxylic acids is 3. The highest BCUT2D eigenvalue weighted by atomic mass is 16.6. The van der Waals surface area contributed by atoms with E-state index in [2.05, 4.69) is 48.5 Å². The molecule has 1 aliphatic heterocycles. The Labute approximate surface area is 332 Å². The lowest BCUT2D eigenvalue weighted by Gasteiger charge is -2.73. The first-order valence-electron chi connectivity index (χ1n) is 22.0. The summed E-state index contributed by atoms with van der Waals surface area (Å²) in [6.45, 7) is 28.4. The van der Waals surface area contributed by atoms with Crippen molar-refractivity contribution in [2.45, 2.75) is 172 Å². The van der Waals surface area contributed by atoms with Crippen LogP contribution < -0.4 is 0 Å². The van der Waals surface area contributed by atoms with E-state index in [0.29, 0.717) is 68.1 Å². The zero-order valence-electron chi connectivity index (χ0n) is 36.6. The van der Waals surface area contributed by atoms with Crippen molar-refractivity contribution in [3.8, 4) is 0 Å². The second-order valence-electron chi connectivity index (χ2n) is 22.7. The number of carboxylic acid groups (broad SMARTS) is 1. The molecule has 0 aromatic rings. The topological polar surface area (TPSA) is 113 Å². The van der Waals surface area contributed by atoms with Crippen molar-refractivity contribution in [1.29, 1.82) is 0 Å². The Morgan fingerprint density at radius 1 is 0.745 bits per heavy atom. The van der Waals surface area contributed by atoms with Gasteiger partial charge in [-0.05, 0) is 156 Å². The van der Waals surface area contributed by atoms with Crippen LogP contribution in [0.5, 0.6) is 0 Å². The van der Waals surface area contributed by atoms with Crippen molar-refractivity contribution in [3.63, 3.8) is 0 Å². The molecule has 0 aromatic heterocycles. The Bertz CT molecular complexity index is 1510. The minimum atomic E-state index is -1.15. The number of hydrogen-bond donors (Lipinski definition) is 1. The molecule has 0 bridgehead atoms. The smallest absolute Gasteiger partial charge is 0.410 e. The molecule has 1 heterocycles. The first-order valence-corrected chi connectivity index (χ1v) is 22.0. The number of aliphatic carboxylic acids is 1. The maximum atomic E-state index is 14.3. The van der Waals surface area contributed by atoms with E-state index in [9.17, 15) is 24.3 Å². The third-order valence-corrected chi connectivity index (χ3v) is 17.7. The maximum absolute atomic E-state index is 14.3. The van der Waals surface area contributed by atoms with Crippen LogP contribution in [0.4, 0.5) is 4.79 Å². The number of piperazine rings is 1. The number of hydrogen-bond acceptors (Lipinski definition) is 6. The monoisotopic (exact) mass is 769 g/mol. The summed E-state index contributed by atoms with van der Waals surface area (Å²) in [5, 5.41) is 9.63. The summed E-state index contributed by atoms with van der Waals surface area (Å²) in [5.41, 5.74) is -1.34. The van der Waals surface area contributed by atoms with Gasteiger partial charge in [0.1, 0.15) is 11.7 Å². The lowest BCUT2D eigenvalue weighted by molar-refractivity contribution is -0.252. The summed E-state index contributed by atoms with van der Waals surface area (Å²) in [6, 6.07) is 0. The van der Waals surface area contributed by atoms with Crippen molar-refractivity contribution < 1.29 is 33.8 Å². The molecule has 1 saturated heterocycles. The Morgan fingerprint density at radius 3 is 1.98 bits per heavy atom. The molecule has 1 N–H and O–H groups in total. The molecule has 312 valence electrons. The van der Waals surface area contributed by atoms with Crippen molar-refractivity contribution in [2.75, 3.05) is 26.2 Å². The first-order chi connectivity index (χ1) is 25.3. The van der Waals surface area contributed by atoms with Gasteiger partial charge in [-0.1, -0.05) is 48.5 Å². The minimum Gasteiger partial charge on any atom is -0.481 e. The van der Waals surface area contributed by atoms with Crippen LogP contribution in [0.15, 0.2) is 0 Å². The van der Waals surface area contributed by atoms with Gasteiger partial charge < -0.3 is 24.4 Å². The molecule has 0 radical (unpaired) electrons. The van der Waals surface area contributed by atoms with E-state index in [1.807, 2.05) is 25.7 Å². The summed E-state index contributed by atoms with van der Waals surface area (Å²) in [6.07, 6.45) is 11.3. The van der Waals surface area contributed by atoms with Crippen molar-refractivity contribution in [2.24, 2.45) is 68.0 Å². The molecule has 5 aliphatic carbocycles. The van der Waals surface area contributed by atoms with Crippen molar-refractivity contribution in [1.82, 2.24) is 9.80 Å². The molecule has 6 fully saturated rings. The molecular formula is C46H76N2O7. The number of fused-ring (bicyclic) bond motifs is 7. The van der Waals surface area contributed by atoms with E-state index in [1.54, 1.807) is 18.7 Å². The van der Waals surface area contributed by atoms with E-state index in [1.165, 1.54) is 32.1 Å². The predicted molar refractivity (Wildman–Crippen MR) is 214 cm³/mol. The predicted octanol–water partition coefficient (Wildman–Crippen LogP) is 9.61. The van der Waals surface area contributed by atoms with Crippen LogP contribution in [-0.2, 0) is 23.9 Å². The van der Waals surface area contributed by atoms with Gasteiger partial charge >= 0.3 is 18.0 Å². The normalized spacial score (nSPS) is 40.0. The number of nitrogens with zero attached hydrogens (tertiary/aromatic N) is 2. The molecule has 0 spiro atoms. The van der Waals surface area contributed by atoms with Crippen LogP contribution in [-0.4, -0.2) is 76.7 Å². The van der Waals surface area contributed by atoms with Gasteiger partial charge in [0.05, 0.1) is 11.8 Å². The molecule has 9 heteroatoms. The largest absolute Gasteiger partial charge is 0.481 e. The Kier molecular flexibility index (Phi) is 10.9. The molecule has 10 atom stereocenters. The molecule has 6 aliphatic rings. The van der Waals surface area contributed by atoms with Crippen molar-refractivity contribution >= 4 is 23.9 Å². The van der Waals surface area contributed by atoms with Crippen LogP contribution in [0, 0.1) is 68.0 Å². The van der Waals surface area contributed by atoms with Gasteiger partial charge in [0.15, 0.2) is 0 Å². The van der Waals surface area contributed by atoms with Gasteiger partial charge in [-0.25, -0.2) is 4.79 Å². The van der Waals surface area contributed by atoms with E-state index in [-0.39, 0.29) is 51.6 Å². The number of carboxylic acids is 1. The summed E-state index contributed by atoms with van der Waals surface area (Å²) >= 11 is 0. The van der Waals surface area contributed by atoms with Gasteiger partial charge in [-0.3, -0.25) is 14.4 Å². The lowest BCUT2D eigenvalue weighted by atomic mass is 9.32. The van der Waals surface area contributed by atoms with Crippen LogP contribution in [0.3, 0.4) is 0 Å². The van der Waals surface area contributed by atoms with Gasteiger partial charge in [0, 0.05) is 38.0 Å². The third kappa shape index (κ3) is 7.14. The van der Waals surface area contributed by atoms with E-state index in [4.69, 9.17) is 9.47 Å². The van der Waals surface area contributed by atoms with Crippen LogP contribution in [0.1, 0.15) is 160 Å². The molecular weight excluding hydrogens is 693 g/mol. The summed E-state index contributed by atoms with van der Waals surface area (Å²) in [5.74, 6) is 2.26. The third-order valence-electron chi connectivity index (χ3n) is 17.7. The first kappa shape index (κ1) is 42.3. The fraction of sp³-hybridized carbons (Fsp3) is 0.913. The molecule has 5 saturated carbocycles. The molecule has 6 rings (SSSR count). The molecule has 1 unspecified atom stereocenters. The average Bonchev–Trinajstić information content (AvgIpc) is 3.45. The van der Waals surface area contributed by atoms with Crippen LogP contribution >= 0.6 is 0 Å². The molecule has 2 amide bonds. The number of ether oxygens (including phenoxy) is 2. The number of amides is 2. The lowest BCUT2D eigenvalue weighted by Crippen LogP contribution is -2.67. The standard InChI is InChI=1S/C46H76N2O7/c1-29(2)30-15-20-46(27-35(49)47-23-25-48(26-24-47)39(53)55-40(3,4)5)22-21-44(11)31(37(30)46)13-14-33-43(10)18-17-34(54-36(50)28-41(6,7)38(51)52)42(8,9)32(43)16-19-45(33,44)12/h29-34,37H,13-28H2,1-12H3,(H,51,52)/t30?,31-,32+,33-,34+,37-,43+,44-,45-,46-/m1/s1. The van der Waals surface area contributed by atoms with Gasteiger partial charge in [-0.15, -0.1) is 0 Å². The molecule has 0 aromatic carbocycles. The highest BCUT2D eigenvalue weighted by Gasteiger charge is 2.71. The average molecular weight is 769 g/mol. The van der Waals surface area contributed by atoms with E-state index in [0.717, 1.165) is 32.1 Å². The van der Waals surface area contributed by atoms with Gasteiger partial charge in [-0.2, -0.15) is 0 Å². The Balaban J connectivity index is 1.19. The van der Waals surface area contributed by atoms with E-state index >= 15 is 0 Å². The summed E-state index contributed by atoms with van der Waals surface area (Å²) in [4.78, 5) is 55.7. The zero-order chi connectivity index (χ0) is 40.7. The fourth-order valence-corrected chi connectivity index (χ4v) is 14.5. The maximum Gasteiger partial charge on any atom is 0.410 e. The highest BCUT2D eigenvalue weighted by molar-refractivity contribution is 5.81. The summed E-state index contributed by atoms with van der Waals surface area (Å²) < 4.78 is 11.8. The number of rotatable bonds is 7. The quantitative estimate of drug-likeness (QED) is 0.257.